The minimum Gasteiger partial charge on any atom is -0.465 e. The molecule has 0 atom stereocenters. The molecule has 0 radical (unpaired) electrons. The first-order valence-electron chi connectivity index (χ1n) is 8.79. The number of rotatable bonds is 6. The second-order valence-electron chi connectivity index (χ2n) is 6.21. The van der Waals surface area contributed by atoms with E-state index in [2.05, 4.69) is 15.6 Å². The number of anilines is 3. The van der Waals surface area contributed by atoms with Crippen LogP contribution in [0.3, 0.4) is 0 Å². The Bertz CT molecular complexity index is 1060. The Balaban J connectivity index is 1.76. The molecule has 0 saturated carbocycles. The number of ketones is 1. The molecule has 0 aliphatic carbocycles. The molecule has 3 rings (SSSR count). The number of ether oxygens (including phenoxy) is 1. The zero-order valence-corrected chi connectivity index (χ0v) is 15.9. The fraction of sp³-hybridized carbons (Fsp3) is 0.0909. The normalized spacial score (nSPS) is 10.1. The number of benzene rings is 2. The third kappa shape index (κ3) is 4.84. The summed E-state index contributed by atoms with van der Waals surface area (Å²) in [5.41, 5.74) is 2.90. The molecule has 0 aliphatic rings. The van der Waals surface area contributed by atoms with Gasteiger partial charge in [0.05, 0.1) is 35.8 Å². The first-order valence-corrected chi connectivity index (χ1v) is 8.79. The molecular weight excluding hydrogens is 370 g/mol. The lowest BCUT2D eigenvalue weighted by Gasteiger charge is -2.11. The van der Waals surface area contributed by atoms with Crippen LogP contribution in [0, 0.1) is 0 Å². The summed E-state index contributed by atoms with van der Waals surface area (Å²) in [6, 6.07) is 15.2. The van der Waals surface area contributed by atoms with Crippen LogP contribution in [0.4, 0.5) is 17.1 Å². The molecule has 3 aromatic rings. The summed E-state index contributed by atoms with van der Waals surface area (Å²) in [5, 5.41) is 5.85. The number of amides is 1. The van der Waals surface area contributed by atoms with Gasteiger partial charge in [-0.15, -0.1) is 0 Å². The van der Waals surface area contributed by atoms with Gasteiger partial charge in [0.25, 0.3) is 5.91 Å². The molecule has 0 fully saturated rings. The van der Waals surface area contributed by atoms with E-state index in [4.69, 9.17) is 4.74 Å². The van der Waals surface area contributed by atoms with Crippen LogP contribution in [-0.4, -0.2) is 29.8 Å². The summed E-state index contributed by atoms with van der Waals surface area (Å²) >= 11 is 0. The number of methoxy groups -OCH3 is 1. The maximum atomic E-state index is 12.6. The van der Waals surface area contributed by atoms with Gasteiger partial charge in [-0.1, -0.05) is 12.1 Å². The van der Waals surface area contributed by atoms with Crippen molar-refractivity contribution in [2.75, 3.05) is 17.7 Å². The Kier molecular flexibility index (Phi) is 5.99. The van der Waals surface area contributed by atoms with E-state index in [0.29, 0.717) is 22.5 Å². The number of Topliss-reactive ketones (excluding diaryl/α,β-unsaturated/α-hetero) is 1. The number of hydrogen-bond donors (Lipinski definition) is 2. The van der Waals surface area contributed by atoms with Gasteiger partial charge >= 0.3 is 5.97 Å². The maximum Gasteiger partial charge on any atom is 0.339 e. The number of nitrogens with one attached hydrogen (secondary N) is 2. The van der Waals surface area contributed by atoms with Gasteiger partial charge in [0.15, 0.2) is 5.78 Å². The molecule has 2 N–H and O–H groups in total. The highest BCUT2D eigenvalue weighted by molar-refractivity contribution is 6.08. The van der Waals surface area contributed by atoms with Crippen molar-refractivity contribution < 1.29 is 19.1 Å². The Morgan fingerprint density at radius 3 is 2.31 bits per heavy atom. The number of carbonyl (C=O) groups excluding carboxylic acids is 3. The topological polar surface area (TPSA) is 97.4 Å². The summed E-state index contributed by atoms with van der Waals surface area (Å²) in [6.45, 7) is 1.51. The maximum absolute atomic E-state index is 12.6. The second kappa shape index (κ2) is 8.79. The number of carbonyl (C=O) groups is 3. The number of aromatic nitrogens is 1. The molecule has 0 bridgehead atoms. The quantitative estimate of drug-likeness (QED) is 0.487. The van der Waals surface area contributed by atoms with Crippen LogP contribution in [0.5, 0.6) is 0 Å². The van der Waals surface area contributed by atoms with E-state index < -0.39 is 11.9 Å². The monoisotopic (exact) mass is 389 g/mol. The largest absolute Gasteiger partial charge is 0.465 e. The van der Waals surface area contributed by atoms with E-state index in [1.54, 1.807) is 60.8 Å². The number of nitrogens with zero attached hydrogens (tertiary/aromatic N) is 1. The van der Waals surface area contributed by atoms with E-state index in [1.165, 1.54) is 20.2 Å². The van der Waals surface area contributed by atoms with E-state index in [0.717, 1.165) is 5.69 Å². The highest BCUT2D eigenvalue weighted by atomic mass is 16.5. The average molecular weight is 389 g/mol. The van der Waals surface area contributed by atoms with Crippen molar-refractivity contribution >= 4 is 34.7 Å². The summed E-state index contributed by atoms with van der Waals surface area (Å²) < 4.78 is 4.74. The van der Waals surface area contributed by atoms with Crippen molar-refractivity contribution in [2.24, 2.45) is 0 Å². The lowest BCUT2D eigenvalue weighted by atomic mass is 10.1. The molecule has 0 aliphatic heterocycles. The van der Waals surface area contributed by atoms with Gasteiger partial charge in [0.1, 0.15) is 0 Å². The van der Waals surface area contributed by atoms with Gasteiger partial charge in [-0.05, 0) is 49.4 Å². The highest BCUT2D eigenvalue weighted by Gasteiger charge is 2.15. The Morgan fingerprint density at radius 1 is 0.897 bits per heavy atom. The smallest absolute Gasteiger partial charge is 0.339 e. The van der Waals surface area contributed by atoms with E-state index in [-0.39, 0.29) is 11.3 Å². The van der Waals surface area contributed by atoms with E-state index >= 15 is 0 Å². The number of para-hydroxylation sites is 1. The predicted octanol–water partition coefficient (Wildman–Crippen LogP) is 4.07. The molecule has 7 heteroatoms. The fourth-order valence-electron chi connectivity index (χ4n) is 2.66. The van der Waals surface area contributed by atoms with E-state index in [1.807, 2.05) is 0 Å². The Morgan fingerprint density at radius 2 is 1.62 bits per heavy atom. The van der Waals surface area contributed by atoms with Crippen molar-refractivity contribution in [3.8, 4) is 0 Å². The van der Waals surface area contributed by atoms with Crippen LogP contribution in [0.15, 0.2) is 67.0 Å². The second-order valence-corrected chi connectivity index (χ2v) is 6.21. The molecule has 0 saturated heterocycles. The summed E-state index contributed by atoms with van der Waals surface area (Å²) in [7, 11) is 1.28. The third-order valence-electron chi connectivity index (χ3n) is 4.16. The average Bonchev–Trinajstić information content (AvgIpc) is 2.74. The molecule has 29 heavy (non-hydrogen) atoms. The molecule has 7 nitrogen and oxygen atoms in total. The SMILES string of the molecule is COC(=O)c1ccccc1NC(=O)c1cncc(Nc2ccc(C(C)=O)cc2)c1. The molecule has 146 valence electrons. The van der Waals surface area contributed by atoms with Crippen molar-refractivity contribution in [1.29, 1.82) is 0 Å². The lowest BCUT2D eigenvalue weighted by molar-refractivity contribution is 0.0601. The summed E-state index contributed by atoms with van der Waals surface area (Å²) in [5.74, 6) is -0.961. The lowest BCUT2D eigenvalue weighted by Crippen LogP contribution is -2.15. The molecule has 1 amide bonds. The van der Waals surface area contributed by atoms with Crippen molar-refractivity contribution in [3.63, 3.8) is 0 Å². The van der Waals surface area contributed by atoms with Gasteiger partial charge in [0.2, 0.25) is 0 Å². The van der Waals surface area contributed by atoms with Gasteiger partial charge in [-0.2, -0.15) is 0 Å². The minimum atomic E-state index is -0.538. The highest BCUT2D eigenvalue weighted by Crippen LogP contribution is 2.20. The first-order chi connectivity index (χ1) is 14.0. The summed E-state index contributed by atoms with van der Waals surface area (Å²) in [6.07, 6.45) is 3.01. The Hall–Kier alpha value is -4.00. The standard InChI is InChI=1S/C22H19N3O4/c1-14(26)15-7-9-17(10-8-15)24-18-11-16(12-23-13-18)21(27)25-20-6-4-3-5-19(20)22(28)29-2/h3-13,24H,1-2H3,(H,25,27). The molecule has 0 unspecified atom stereocenters. The molecule has 2 aromatic carbocycles. The summed E-state index contributed by atoms with van der Waals surface area (Å²) in [4.78, 5) is 40.0. The van der Waals surface area contributed by atoms with Crippen LogP contribution >= 0.6 is 0 Å². The van der Waals surface area contributed by atoms with Crippen molar-refractivity contribution in [2.45, 2.75) is 6.92 Å². The van der Waals surface area contributed by atoms with Crippen LogP contribution in [0.25, 0.3) is 0 Å². The fourth-order valence-corrected chi connectivity index (χ4v) is 2.66. The molecular formula is C22H19N3O4. The third-order valence-corrected chi connectivity index (χ3v) is 4.16. The first kappa shape index (κ1) is 19.8. The van der Waals surface area contributed by atoms with Crippen LogP contribution in [0.1, 0.15) is 38.0 Å². The van der Waals surface area contributed by atoms with Crippen molar-refractivity contribution in [1.82, 2.24) is 4.98 Å². The van der Waals surface area contributed by atoms with Crippen LogP contribution < -0.4 is 10.6 Å². The predicted molar refractivity (Wildman–Crippen MR) is 110 cm³/mol. The molecule has 1 heterocycles. The van der Waals surface area contributed by atoms with Gasteiger partial charge < -0.3 is 15.4 Å². The minimum absolute atomic E-state index is 0.0101. The zero-order chi connectivity index (χ0) is 20.8. The van der Waals surface area contributed by atoms with Gasteiger partial charge in [0, 0.05) is 17.4 Å². The van der Waals surface area contributed by atoms with Crippen molar-refractivity contribution in [3.05, 3.63) is 83.7 Å². The van der Waals surface area contributed by atoms with E-state index in [9.17, 15) is 14.4 Å². The number of esters is 1. The van der Waals surface area contributed by atoms with Crippen LogP contribution in [-0.2, 0) is 4.74 Å². The van der Waals surface area contributed by atoms with Gasteiger partial charge in [-0.3, -0.25) is 14.6 Å². The molecule has 1 aromatic heterocycles. The van der Waals surface area contributed by atoms with Crippen LogP contribution in [0.2, 0.25) is 0 Å². The zero-order valence-electron chi connectivity index (χ0n) is 15.9. The molecule has 0 spiro atoms. The Labute approximate surface area is 167 Å². The number of hydrogen-bond acceptors (Lipinski definition) is 6. The van der Waals surface area contributed by atoms with Gasteiger partial charge in [-0.25, -0.2) is 4.79 Å². The number of pyridine rings is 1.